The summed E-state index contributed by atoms with van der Waals surface area (Å²) in [5, 5.41) is 11.5. The van der Waals surface area contributed by atoms with Gasteiger partial charge < -0.3 is 24.6 Å². The van der Waals surface area contributed by atoms with E-state index in [4.69, 9.17) is 19.3 Å². The van der Waals surface area contributed by atoms with Crippen molar-refractivity contribution in [3.05, 3.63) is 24.3 Å². The molecular formula is C28H51NO6. The highest BCUT2D eigenvalue weighted by Gasteiger charge is 2.13. The molecule has 204 valence electrons. The van der Waals surface area contributed by atoms with Gasteiger partial charge in [0.1, 0.15) is 6.61 Å². The Balaban J connectivity index is 3.66. The number of hydrogen-bond acceptors (Lipinski definition) is 6. The zero-order valence-corrected chi connectivity index (χ0v) is 22.3. The van der Waals surface area contributed by atoms with Gasteiger partial charge in [-0.2, -0.15) is 0 Å². The number of amides is 1. The predicted octanol–water partition coefficient (Wildman–Crippen LogP) is 6.25. The minimum Gasteiger partial charge on any atom is -0.466 e. The Kier molecular flexibility index (Phi) is 25.3. The lowest BCUT2D eigenvalue weighted by Gasteiger charge is -2.18. The van der Waals surface area contributed by atoms with Crippen LogP contribution in [0.1, 0.15) is 103 Å². The summed E-state index contributed by atoms with van der Waals surface area (Å²) in [6.45, 7) is 2.85. The second-order valence-electron chi connectivity index (χ2n) is 8.83. The molecule has 0 aliphatic heterocycles. The smallest absolute Gasteiger partial charge is 0.407 e. The molecule has 0 radical (unpaired) electrons. The van der Waals surface area contributed by atoms with Crippen molar-refractivity contribution in [2.75, 3.05) is 33.5 Å². The zero-order valence-electron chi connectivity index (χ0n) is 22.3. The van der Waals surface area contributed by atoms with Crippen molar-refractivity contribution in [2.45, 2.75) is 109 Å². The summed E-state index contributed by atoms with van der Waals surface area (Å²) in [6, 6.07) is -0.123. The van der Waals surface area contributed by atoms with Crippen LogP contribution in [-0.4, -0.2) is 56.7 Å². The highest BCUT2D eigenvalue weighted by Crippen LogP contribution is 2.09. The van der Waals surface area contributed by atoms with Crippen LogP contribution < -0.4 is 5.32 Å². The van der Waals surface area contributed by atoms with Crippen LogP contribution in [-0.2, 0) is 19.0 Å². The number of aliphatic hydroxyl groups excluding tert-OH is 1. The monoisotopic (exact) mass is 497 g/mol. The van der Waals surface area contributed by atoms with Crippen LogP contribution in [0.4, 0.5) is 4.79 Å². The third kappa shape index (κ3) is 25.0. The number of carbonyl (C=O) groups excluding carboxylic acids is 2. The van der Waals surface area contributed by atoms with Crippen LogP contribution in [0.25, 0.3) is 0 Å². The van der Waals surface area contributed by atoms with E-state index in [1.807, 2.05) is 0 Å². The lowest BCUT2D eigenvalue weighted by molar-refractivity contribution is -0.143. The highest BCUT2D eigenvalue weighted by atomic mass is 16.6. The number of alkyl carbamates (subject to hydrolysis) is 1. The number of hydrogen-bond donors (Lipinski definition) is 2. The van der Waals surface area contributed by atoms with Gasteiger partial charge in [0.2, 0.25) is 0 Å². The second kappa shape index (κ2) is 26.7. The van der Waals surface area contributed by atoms with Gasteiger partial charge >= 0.3 is 12.1 Å². The maximum absolute atomic E-state index is 11.9. The number of unbranched alkanes of at least 4 members (excludes halogenated alkanes) is 8. The van der Waals surface area contributed by atoms with Crippen LogP contribution in [0.5, 0.6) is 0 Å². The standard InChI is InChI=1S/C28H51NO6/c1-3-4-5-6-7-8-9-10-11-12-13-14-15-16-17-20-27(31)34-23-18-19-26(21-24-33-2)29-28(32)35-25-22-30/h7-8,10-11,26,30H,3-6,9,12-25H2,1-2H3,(H,29,32)/b8-7-,11-10-. The molecule has 1 atom stereocenters. The van der Waals surface area contributed by atoms with Gasteiger partial charge in [0, 0.05) is 26.2 Å². The number of aliphatic hydroxyl groups is 1. The summed E-state index contributed by atoms with van der Waals surface area (Å²) >= 11 is 0. The van der Waals surface area contributed by atoms with Crippen molar-refractivity contribution in [1.82, 2.24) is 5.32 Å². The molecule has 1 unspecified atom stereocenters. The molecule has 35 heavy (non-hydrogen) atoms. The first kappa shape index (κ1) is 33.1. The Morgan fingerprint density at radius 3 is 2.17 bits per heavy atom. The Morgan fingerprint density at radius 1 is 0.800 bits per heavy atom. The highest BCUT2D eigenvalue weighted by molar-refractivity contribution is 5.69. The Hall–Kier alpha value is -1.86. The molecule has 7 heteroatoms. The second-order valence-corrected chi connectivity index (χ2v) is 8.83. The minimum atomic E-state index is -0.557. The Labute approximate surface area is 213 Å². The Morgan fingerprint density at radius 2 is 1.49 bits per heavy atom. The van der Waals surface area contributed by atoms with E-state index in [1.54, 1.807) is 7.11 Å². The fraction of sp³-hybridized carbons (Fsp3) is 0.786. The molecule has 0 aromatic heterocycles. The molecule has 0 heterocycles. The van der Waals surface area contributed by atoms with Crippen LogP contribution in [0.2, 0.25) is 0 Å². The van der Waals surface area contributed by atoms with Gasteiger partial charge in [-0.1, -0.05) is 63.3 Å². The first-order chi connectivity index (χ1) is 17.1. The average molecular weight is 498 g/mol. The molecule has 0 bridgehead atoms. The van der Waals surface area contributed by atoms with Crippen molar-refractivity contribution in [3.8, 4) is 0 Å². The largest absolute Gasteiger partial charge is 0.466 e. The molecule has 0 saturated carbocycles. The van der Waals surface area contributed by atoms with Gasteiger partial charge in [-0.25, -0.2) is 4.79 Å². The fourth-order valence-corrected chi connectivity index (χ4v) is 3.56. The summed E-state index contributed by atoms with van der Waals surface area (Å²) in [6.07, 6.45) is 23.7. The third-order valence-electron chi connectivity index (χ3n) is 5.61. The van der Waals surface area contributed by atoms with Crippen LogP contribution >= 0.6 is 0 Å². The van der Waals surface area contributed by atoms with Gasteiger partial charge in [0.15, 0.2) is 0 Å². The maximum Gasteiger partial charge on any atom is 0.407 e. The molecule has 0 aliphatic rings. The van der Waals surface area contributed by atoms with E-state index in [2.05, 4.69) is 36.5 Å². The molecule has 0 saturated heterocycles. The fourth-order valence-electron chi connectivity index (χ4n) is 3.56. The van der Waals surface area contributed by atoms with E-state index in [9.17, 15) is 9.59 Å². The molecule has 0 fully saturated rings. The SMILES string of the molecule is CCCCC/C=C\C/C=C\CCCCCCCC(=O)OCCCC(CCOC)NC(=O)OCCO. The van der Waals surface area contributed by atoms with Crippen molar-refractivity contribution < 1.29 is 28.9 Å². The maximum atomic E-state index is 11.9. The van der Waals surface area contributed by atoms with Crippen molar-refractivity contribution in [1.29, 1.82) is 0 Å². The van der Waals surface area contributed by atoms with Gasteiger partial charge in [-0.3, -0.25) is 4.79 Å². The van der Waals surface area contributed by atoms with E-state index in [1.165, 1.54) is 38.5 Å². The van der Waals surface area contributed by atoms with E-state index in [-0.39, 0.29) is 25.2 Å². The quantitative estimate of drug-likeness (QED) is 0.0930. The van der Waals surface area contributed by atoms with Crippen LogP contribution in [0.15, 0.2) is 24.3 Å². The van der Waals surface area contributed by atoms with Crippen LogP contribution in [0.3, 0.4) is 0 Å². The van der Waals surface area contributed by atoms with Gasteiger partial charge in [-0.15, -0.1) is 0 Å². The minimum absolute atomic E-state index is 0.0331. The molecular weight excluding hydrogens is 446 g/mol. The third-order valence-corrected chi connectivity index (χ3v) is 5.61. The lowest BCUT2D eigenvalue weighted by Crippen LogP contribution is -2.36. The van der Waals surface area contributed by atoms with E-state index in [0.29, 0.717) is 38.9 Å². The number of carbonyl (C=O) groups is 2. The van der Waals surface area contributed by atoms with E-state index < -0.39 is 6.09 Å². The van der Waals surface area contributed by atoms with Crippen molar-refractivity contribution >= 4 is 12.1 Å². The van der Waals surface area contributed by atoms with E-state index in [0.717, 1.165) is 32.1 Å². The predicted molar refractivity (Wildman–Crippen MR) is 141 cm³/mol. The van der Waals surface area contributed by atoms with Crippen LogP contribution in [0, 0.1) is 0 Å². The first-order valence-electron chi connectivity index (χ1n) is 13.6. The number of esters is 1. The Bertz CT molecular complexity index is 550. The summed E-state index contributed by atoms with van der Waals surface area (Å²) < 4.78 is 15.2. The number of rotatable bonds is 24. The molecule has 0 aliphatic carbocycles. The summed E-state index contributed by atoms with van der Waals surface area (Å²) in [7, 11) is 1.61. The van der Waals surface area contributed by atoms with Gasteiger partial charge in [0.05, 0.1) is 13.2 Å². The first-order valence-corrected chi connectivity index (χ1v) is 13.6. The lowest BCUT2D eigenvalue weighted by atomic mass is 10.1. The van der Waals surface area contributed by atoms with Gasteiger partial charge in [0.25, 0.3) is 0 Å². The summed E-state index contributed by atoms with van der Waals surface area (Å²) in [5.41, 5.74) is 0. The molecule has 0 aromatic carbocycles. The molecule has 0 rings (SSSR count). The topological polar surface area (TPSA) is 94.1 Å². The number of nitrogens with one attached hydrogen (secondary N) is 1. The molecule has 0 aromatic rings. The molecule has 7 nitrogen and oxygen atoms in total. The number of ether oxygens (including phenoxy) is 3. The average Bonchev–Trinajstić information content (AvgIpc) is 2.85. The zero-order chi connectivity index (χ0) is 25.8. The molecule has 2 N–H and O–H groups in total. The van der Waals surface area contributed by atoms with Crippen molar-refractivity contribution in [2.24, 2.45) is 0 Å². The van der Waals surface area contributed by atoms with Crippen molar-refractivity contribution in [3.63, 3.8) is 0 Å². The summed E-state index contributed by atoms with van der Waals surface area (Å²) in [5.74, 6) is -0.153. The molecule has 1 amide bonds. The summed E-state index contributed by atoms with van der Waals surface area (Å²) in [4.78, 5) is 23.6. The van der Waals surface area contributed by atoms with E-state index >= 15 is 0 Å². The normalized spacial score (nSPS) is 12.3. The molecule has 0 spiro atoms. The van der Waals surface area contributed by atoms with Gasteiger partial charge in [-0.05, 0) is 57.8 Å². The number of allylic oxidation sites excluding steroid dienone is 4. The number of methoxy groups -OCH3 is 1.